The maximum Gasteiger partial charge on any atom is 0.0571 e. The van der Waals surface area contributed by atoms with Crippen LogP contribution in [0.25, 0.3) is 11.1 Å². The largest absolute Gasteiger partial charge is 0.0678 e. The summed E-state index contributed by atoms with van der Waals surface area (Å²) in [4.78, 5) is 0. The molecule has 0 unspecified atom stereocenters. The monoisotopic (exact) mass is 322 g/mol. The summed E-state index contributed by atoms with van der Waals surface area (Å²) in [6, 6.07) is 27.3. The lowest BCUT2D eigenvalue weighted by atomic mass is 9.97. The molecule has 0 aliphatic rings. The Morgan fingerprint density at radius 3 is 1.57 bits per heavy atom. The van der Waals surface area contributed by atoms with E-state index in [9.17, 15) is 0 Å². The summed E-state index contributed by atoms with van der Waals surface area (Å²) in [6.07, 6.45) is 0. The number of rotatable bonds is 7. The van der Waals surface area contributed by atoms with E-state index in [1.165, 1.54) is 40.9 Å². The lowest BCUT2D eigenvalue weighted by Gasteiger charge is -2.30. The van der Waals surface area contributed by atoms with Gasteiger partial charge in [0.15, 0.2) is 0 Å². The van der Waals surface area contributed by atoms with Crippen LogP contribution in [0.15, 0.2) is 60.7 Å². The Balaban J connectivity index is 2.53. The van der Waals surface area contributed by atoms with Gasteiger partial charge in [-0.15, -0.1) is 0 Å². The summed E-state index contributed by atoms with van der Waals surface area (Å²) < 4.78 is 0. The third-order valence-corrected chi connectivity index (χ3v) is 11.2. The topological polar surface area (TPSA) is 0 Å². The molecule has 122 valence electrons. The van der Waals surface area contributed by atoms with Crippen molar-refractivity contribution >= 4 is 19.2 Å². The van der Waals surface area contributed by atoms with Gasteiger partial charge in [0.2, 0.25) is 0 Å². The van der Waals surface area contributed by atoms with E-state index in [0.717, 1.165) is 0 Å². The van der Waals surface area contributed by atoms with E-state index in [0.29, 0.717) is 0 Å². The highest BCUT2D eigenvalue weighted by Gasteiger charge is 2.29. The number of hydrogen-bond donors (Lipinski definition) is 0. The van der Waals surface area contributed by atoms with Gasteiger partial charge < -0.3 is 0 Å². The van der Waals surface area contributed by atoms with Crippen molar-refractivity contribution in [2.24, 2.45) is 0 Å². The molecule has 0 fully saturated rings. The maximum atomic E-state index is 2.40. The van der Waals surface area contributed by atoms with Crippen LogP contribution in [0, 0.1) is 0 Å². The van der Waals surface area contributed by atoms with Crippen molar-refractivity contribution in [3.05, 3.63) is 71.8 Å². The first-order valence-corrected chi connectivity index (χ1v) is 11.8. The molecule has 2 rings (SSSR count). The Kier molecular flexibility index (Phi) is 6.41. The highest BCUT2D eigenvalue weighted by atomic mass is 28.3. The molecule has 0 nitrogen and oxygen atoms in total. The second-order valence-electron chi connectivity index (χ2n) is 6.57. The minimum absolute atomic E-state index is 1.22. The molecule has 0 aromatic heterocycles. The molecule has 0 aliphatic carbocycles. The maximum absolute atomic E-state index is 2.40. The van der Waals surface area contributed by atoms with Crippen LogP contribution in [0.4, 0.5) is 0 Å². The number of benzene rings is 2. The van der Waals surface area contributed by atoms with Gasteiger partial charge in [-0.25, -0.2) is 0 Å². The summed E-state index contributed by atoms with van der Waals surface area (Å²) in [5.74, 6) is 0. The molecular formula is C22H30Si. The smallest absolute Gasteiger partial charge is 0.0571 e. The lowest BCUT2D eigenvalue weighted by molar-refractivity contribution is 1.15. The van der Waals surface area contributed by atoms with E-state index >= 15 is 0 Å². The molecule has 23 heavy (non-hydrogen) atoms. The molecule has 0 aliphatic heterocycles. The van der Waals surface area contributed by atoms with Crippen LogP contribution in [0.3, 0.4) is 0 Å². The molecular weight excluding hydrogens is 292 g/mol. The van der Waals surface area contributed by atoms with E-state index < -0.39 is 8.07 Å². The SMILES string of the molecule is CC[Si](CC)(CC)C/C(=C(\C)c1ccccc1)c1ccccc1. The molecule has 2 aromatic rings. The van der Waals surface area contributed by atoms with E-state index in [4.69, 9.17) is 0 Å². The first-order chi connectivity index (χ1) is 11.2. The zero-order valence-electron chi connectivity index (χ0n) is 15.1. The Hall–Kier alpha value is -1.60. The van der Waals surface area contributed by atoms with Crippen molar-refractivity contribution in [1.82, 2.24) is 0 Å². The third-order valence-electron chi connectivity index (χ3n) is 5.58. The van der Waals surface area contributed by atoms with Crippen molar-refractivity contribution in [3.8, 4) is 0 Å². The molecule has 0 bridgehead atoms. The summed E-state index contributed by atoms with van der Waals surface area (Å²) in [6.45, 7) is 9.51. The van der Waals surface area contributed by atoms with Gasteiger partial charge in [-0.3, -0.25) is 0 Å². The van der Waals surface area contributed by atoms with Crippen LogP contribution >= 0.6 is 0 Å². The molecule has 0 amide bonds. The van der Waals surface area contributed by atoms with Crippen molar-refractivity contribution in [2.75, 3.05) is 0 Å². The van der Waals surface area contributed by atoms with Gasteiger partial charge >= 0.3 is 0 Å². The molecule has 0 heterocycles. The third kappa shape index (κ3) is 4.23. The van der Waals surface area contributed by atoms with Gasteiger partial charge in [0.25, 0.3) is 0 Å². The molecule has 0 atom stereocenters. The quantitative estimate of drug-likeness (QED) is 0.376. The van der Waals surface area contributed by atoms with Crippen molar-refractivity contribution < 1.29 is 0 Å². The van der Waals surface area contributed by atoms with Crippen molar-refractivity contribution in [3.63, 3.8) is 0 Å². The molecule has 2 aromatic carbocycles. The van der Waals surface area contributed by atoms with Crippen LogP contribution in [0.5, 0.6) is 0 Å². The Morgan fingerprint density at radius 1 is 0.696 bits per heavy atom. The van der Waals surface area contributed by atoms with Crippen LogP contribution < -0.4 is 0 Å². The van der Waals surface area contributed by atoms with Crippen molar-refractivity contribution in [2.45, 2.75) is 51.9 Å². The summed E-state index contributed by atoms with van der Waals surface area (Å²) in [5.41, 5.74) is 5.77. The average Bonchev–Trinajstić information content (AvgIpc) is 2.64. The fourth-order valence-corrected chi connectivity index (χ4v) is 6.92. The fourth-order valence-electron chi connectivity index (χ4n) is 3.45. The van der Waals surface area contributed by atoms with Crippen LogP contribution in [0.2, 0.25) is 24.2 Å². The first-order valence-electron chi connectivity index (χ1n) is 8.96. The standard InChI is InChI=1S/C22H30Si/c1-5-23(6-2,7-3)18-22(21-16-12-9-13-17-21)19(4)20-14-10-8-11-15-20/h8-17H,5-7,18H2,1-4H3/b22-19-. The van der Waals surface area contributed by atoms with E-state index in [1.807, 2.05) is 0 Å². The zero-order valence-corrected chi connectivity index (χ0v) is 16.1. The predicted molar refractivity (Wildman–Crippen MR) is 107 cm³/mol. The van der Waals surface area contributed by atoms with E-state index in [2.05, 4.69) is 88.4 Å². The Morgan fingerprint density at radius 2 is 1.13 bits per heavy atom. The molecule has 0 radical (unpaired) electrons. The second kappa shape index (κ2) is 8.31. The van der Waals surface area contributed by atoms with Crippen LogP contribution in [-0.2, 0) is 0 Å². The summed E-state index contributed by atoms with van der Waals surface area (Å²) in [7, 11) is -1.22. The lowest BCUT2D eigenvalue weighted by Crippen LogP contribution is -2.31. The molecule has 0 N–H and O–H groups in total. The van der Waals surface area contributed by atoms with Gasteiger partial charge in [-0.05, 0) is 35.2 Å². The molecule has 0 saturated heterocycles. The minimum atomic E-state index is -1.22. The number of hydrogen-bond acceptors (Lipinski definition) is 0. The Bertz CT molecular complexity index is 613. The average molecular weight is 323 g/mol. The normalized spacial score (nSPS) is 12.9. The molecule has 0 spiro atoms. The van der Waals surface area contributed by atoms with Crippen LogP contribution in [-0.4, -0.2) is 8.07 Å². The minimum Gasteiger partial charge on any atom is -0.0678 e. The molecule has 0 saturated carbocycles. The van der Waals surface area contributed by atoms with Gasteiger partial charge in [0.05, 0.1) is 8.07 Å². The van der Waals surface area contributed by atoms with Gasteiger partial charge in [0.1, 0.15) is 0 Å². The highest BCUT2D eigenvalue weighted by molar-refractivity contribution is 6.81. The summed E-state index contributed by atoms with van der Waals surface area (Å²) in [5, 5.41) is 0. The van der Waals surface area contributed by atoms with E-state index in [1.54, 1.807) is 5.57 Å². The fraction of sp³-hybridized carbons (Fsp3) is 0.364. The zero-order chi connectivity index (χ0) is 16.7. The highest BCUT2D eigenvalue weighted by Crippen LogP contribution is 2.37. The number of allylic oxidation sites excluding steroid dienone is 2. The van der Waals surface area contributed by atoms with Gasteiger partial charge in [-0.2, -0.15) is 0 Å². The van der Waals surface area contributed by atoms with Crippen LogP contribution in [0.1, 0.15) is 38.8 Å². The first kappa shape index (κ1) is 17.7. The molecule has 1 heteroatoms. The predicted octanol–water partition coefficient (Wildman–Crippen LogP) is 7.13. The van der Waals surface area contributed by atoms with Gasteiger partial charge in [-0.1, -0.05) is 99.6 Å². The second-order valence-corrected chi connectivity index (χ2v) is 12.0. The Labute approximate surface area is 143 Å². The summed E-state index contributed by atoms with van der Waals surface area (Å²) >= 11 is 0. The van der Waals surface area contributed by atoms with Crippen molar-refractivity contribution in [1.29, 1.82) is 0 Å². The van der Waals surface area contributed by atoms with Gasteiger partial charge in [0, 0.05) is 0 Å². The van der Waals surface area contributed by atoms with E-state index in [-0.39, 0.29) is 0 Å².